The van der Waals surface area contributed by atoms with Crippen molar-refractivity contribution in [3.63, 3.8) is 0 Å². The van der Waals surface area contributed by atoms with E-state index in [0.717, 1.165) is 56.0 Å². The van der Waals surface area contributed by atoms with Gasteiger partial charge in [-0.3, -0.25) is 0 Å². The lowest BCUT2D eigenvalue weighted by Gasteiger charge is -2.23. The fraction of sp³-hybridized carbons (Fsp3) is 0.0652. The minimum atomic E-state index is -0.137. The summed E-state index contributed by atoms with van der Waals surface area (Å²) in [4.78, 5) is 15.5. The van der Waals surface area contributed by atoms with Gasteiger partial charge in [-0.15, -0.1) is 0 Å². The van der Waals surface area contributed by atoms with Crippen LogP contribution < -0.4 is 0 Å². The van der Waals surface area contributed by atoms with Crippen molar-refractivity contribution in [1.29, 1.82) is 0 Å². The second kappa shape index (κ2) is 11.5. The van der Waals surface area contributed by atoms with Gasteiger partial charge in [0.25, 0.3) is 0 Å². The highest BCUT2D eigenvalue weighted by Gasteiger charge is 2.39. The van der Waals surface area contributed by atoms with E-state index >= 15 is 0 Å². The highest BCUT2D eigenvalue weighted by atomic mass is 14.9. The van der Waals surface area contributed by atoms with Crippen LogP contribution in [-0.2, 0) is 5.41 Å². The SMILES string of the molecule is CC1(C)c2ccccc2-c2c(-c3cccc(-c4cccc(-c5nc(-c6ccccc6)cc(-c6ccccc6)n5)c4)c3)nc3ccccc3c21. The maximum Gasteiger partial charge on any atom is 0.160 e. The summed E-state index contributed by atoms with van der Waals surface area (Å²) in [5.74, 6) is 0.700. The smallest absolute Gasteiger partial charge is 0.160 e. The number of hydrogen-bond acceptors (Lipinski definition) is 3. The first-order valence-corrected chi connectivity index (χ1v) is 16.8. The molecule has 49 heavy (non-hydrogen) atoms. The number of aromatic nitrogens is 3. The molecule has 232 valence electrons. The molecule has 0 saturated carbocycles. The van der Waals surface area contributed by atoms with Gasteiger partial charge < -0.3 is 0 Å². The summed E-state index contributed by atoms with van der Waals surface area (Å²) in [5, 5.41) is 1.22. The van der Waals surface area contributed by atoms with E-state index in [0.29, 0.717) is 5.82 Å². The van der Waals surface area contributed by atoms with E-state index in [1.165, 1.54) is 27.6 Å². The average molecular weight is 628 g/mol. The Balaban J connectivity index is 1.18. The first kappa shape index (κ1) is 29.0. The molecule has 3 heteroatoms. The van der Waals surface area contributed by atoms with E-state index in [9.17, 15) is 0 Å². The van der Waals surface area contributed by atoms with Crippen molar-refractivity contribution in [1.82, 2.24) is 15.0 Å². The van der Waals surface area contributed by atoms with Crippen LogP contribution >= 0.6 is 0 Å². The third-order valence-electron chi connectivity index (χ3n) is 9.84. The molecule has 0 fully saturated rings. The highest BCUT2D eigenvalue weighted by Crippen LogP contribution is 2.54. The standard InChI is InChI=1S/C46H33N3/c1-46(2)38-25-11-9-23-36(38)42-43(46)37-24-10-12-26-39(37)47-44(42)34-21-13-19-32(27-34)33-20-14-22-35(28-33)45-48-40(30-15-5-3-6-16-30)29-41(49-45)31-17-7-4-8-18-31/h3-29H,1-2H3. The number of fused-ring (bicyclic) bond motifs is 5. The van der Waals surface area contributed by atoms with E-state index in [1.54, 1.807) is 0 Å². The molecule has 0 spiro atoms. The molecular formula is C46H33N3. The quantitative estimate of drug-likeness (QED) is 0.191. The lowest BCUT2D eigenvalue weighted by molar-refractivity contribution is 0.666. The van der Waals surface area contributed by atoms with Crippen LogP contribution in [0.25, 0.3) is 78.3 Å². The minimum Gasteiger partial charge on any atom is -0.247 e. The molecule has 8 aromatic rings. The fourth-order valence-corrected chi connectivity index (χ4v) is 7.49. The van der Waals surface area contributed by atoms with Gasteiger partial charge >= 0.3 is 0 Å². The lowest BCUT2D eigenvalue weighted by Crippen LogP contribution is -2.15. The van der Waals surface area contributed by atoms with Crippen LogP contribution in [0, 0.1) is 0 Å². The van der Waals surface area contributed by atoms with Gasteiger partial charge in [-0.05, 0) is 52.1 Å². The predicted molar refractivity (Wildman–Crippen MR) is 202 cm³/mol. The van der Waals surface area contributed by atoms with Gasteiger partial charge in [0, 0.05) is 38.6 Å². The van der Waals surface area contributed by atoms with E-state index in [-0.39, 0.29) is 5.41 Å². The number of pyridine rings is 1. The molecular weight excluding hydrogens is 595 g/mol. The summed E-state index contributed by atoms with van der Waals surface area (Å²) < 4.78 is 0. The molecule has 0 saturated heterocycles. The van der Waals surface area contributed by atoms with Crippen molar-refractivity contribution in [2.75, 3.05) is 0 Å². The van der Waals surface area contributed by atoms with Crippen LogP contribution in [0.3, 0.4) is 0 Å². The average Bonchev–Trinajstić information content (AvgIpc) is 3.42. The second-order valence-corrected chi connectivity index (χ2v) is 13.3. The number of benzene rings is 6. The molecule has 0 bridgehead atoms. The number of nitrogens with zero attached hydrogens (tertiary/aromatic N) is 3. The van der Waals surface area contributed by atoms with Gasteiger partial charge in [0.15, 0.2) is 5.82 Å². The van der Waals surface area contributed by atoms with E-state index in [2.05, 4.69) is 141 Å². The van der Waals surface area contributed by atoms with E-state index in [1.807, 2.05) is 36.4 Å². The summed E-state index contributed by atoms with van der Waals surface area (Å²) in [7, 11) is 0. The number of hydrogen-bond donors (Lipinski definition) is 0. The Bertz CT molecular complexity index is 2460. The molecule has 2 aromatic heterocycles. The molecule has 0 atom stereocenters. The maximum atomic E-state index is 5.34. The van der Waals surface area contributed by atoms with Crippen LogP contribution in [0.1, 0.15) is 25.0 Å². The molecule has 1 aliphatic rings. The summed E-state index contributed by atoms with van der Waals surface area (Å²) in [6.45, 7) is 4.68. The number of rotatable bonds is 5. The van der Waals surface area contributed by atoms with Gasteiger partial charge in [0.05, 0.1) is 22.6 Å². The predicted octanol–water partition coefficient (Wildman–Crippen LogP) is 11.7. The monoisotopic (exact) mass is 627 g/mol. The Morgan fingerprint density at radius 1 is 0.429 bits per heavy atom. The van der Waals surface area contributed by atoms with Crippen LogP contribution in [0.2, 0.25) is 0 Å². The second-order valence-electron chi connectivity index (χ2n) is 13.3. The summed E-state index contributed by atoms with van der Waals surface area (Å²) in [5.41, 5.74) is 15.3. The third kappa shape index (κ3) is 4.94. The summed E-state index contributed by atoms with van der Waals surface area (Å²) in [6, 6.07) is 57.5. The molecule has 6 aromatic carbocycles. The molecule has 0 radical (unpaired) electrons. The van der Waals surface area contributed by atoms with Gasteiger partial charge in [0.2, 0.25) is 0 Å². The first-order valence-electron chi connectivity index (χ1n) is 16.8. The fourth-order valence-electron chi connectivity index (χ4n) is 7.49. The normalized spacial score (nSPS) is 12.9. The molecule has 0 aliphatic heterocycles. The molecule has 1 aliphatic carbocycles. The third-order valence-corrected chi connectivity index (χ3v) is 9.84. The van der Waals surface area contributed by atoms with E-state index in [4.69, 9.17) is 15.0 Å². The van der Waals surface area contributed by atoms with Gasteiger partial charge in [-0.1, -0.05) is 153 Å². The van der Waals surface area contributed by atoms with Crippen molar-refractivity contribution in [3.05, 3.63) is 175 Å². The van der Waals surface area contributed by atoms with Gasteiger partial charge in [-0.25, -0.2) is 15.0 Å². The Labute approximate surface area is 286 Å². The lowest BCUT2D eigenvalue weighted by atomic mass is 9.80. The van der Waals surface area contributed by atoms with Crippen molar-refractivity contribution in [3.8, 4) is 67.4 Å². The van der Waals surface area contributed by atoms with Crippen LogP contribution in [0.4, 0.5) is 0 Å². The molecule has 3 nitrogen and oxygen atoms in total. The topological polar surface area (TPSA) is 38.7 Å². The largest absolute Gasteiger partial charge is 0.247 e. The Morgan fingerprint density at radius 3 is 1.65 bits per heavy atom. The number of para-hydroxylation sites is 1. The van der Waals surface area contributed by atoms with Gasteiger partial charge in [-0.2, -0.15) is 0 Å². The van der Waals surface area contributed by atoms with Gasteiger partial charge in [0.1, 0.15) is 0 Å². The van der Waals surface area contributed by atoms with Crippen molar-refractivity contribution in [2.24, 2.45) is 0 Å². The highest BCUT2D eigenvalue weighted by molar-refractivity contribution is 6.01. The Morgan fingerprint density at radius 2 is 0.959 bits per heavy atom. The Kier molecular flexibility index (Phi) is 6.80. The zero-order valence-electron chi connectivity index (χ0n) is 27.4. The zero-order chi connectivity index (χ0) is 33.0. The maximum absolute atomic E-state index is 5.34. The minimum absolute atomic E-state index is 0.137. The zero-order valence-corrected chi connectivity index (χ0v) is 27.4. The molecule has 9 rings (SSSR count). The van der Waals surface area contributed by atoms with Crippen molar-refractivity contribution >= 4 is 10.9 Å². The Hall–Kier alpha value is -6.19. The van der Waals surface area contributed by atoms with Crippen LogP contribution in [0.5, 0.6) is 0 Å². The van der Waals surface area contributed by atoms with Crippen LogP contribution in [-0.4, -0.2) is 15.0 Å². The van der Waals surface area contributed by atoms with E-state index < -0.39 is 0 Å². The summed E-state index contributed by atoms with van der Waals surface area (Å²) in [6.07, 6.45) is 0. The van der Waals surface area contributed by atoms with Crippen molar-refractivity contribution in [2.45, 2.75) is 19.3 Å². The molecule has 0 amide bonds. The molecule has 0 N–H and O–H groups in total. The molecule has 2 heterocycles. The van der Waals surface area contributed by atoms with Crippen LogP contribution in [0.15, 0.2) is 164 Å². The summed E-state index contributed by atoms with van der Waals surface area (Å²) >= 11 is 0. The molecule has 0 unspecified atom stereocenters. The van der Waals surface area contributed by atoms with Crippen molar-refractivity contribution < 1.29 is 0 Å². The first-order chi connectivity index (χ1) is 24.0.